The highest BCUT2D eigenvalue weighted by atomic mass is 16.6. The fourth-order valence-electron chi connectivity index (χ4n) is 7.62. The summed E-state index contributed by atoms with van der Waals surface area (Å²) >= 11 is 0. The molecule has 0 aliphatic carbocycles. The number of unbranched alkanes of at least 4 members (excludes halogenated alkanes) is 27. The van der Waals surface area contributed by atoms with E-state index in [1.54, 1.807) is 0 Å². The van der Waals surface area contributed by atoms with Crippen LogP contribution in [0.2, 0.25) is 0 Å². The number of carbonyl (C=O) groups is 2. The summed E-state index contributed by atoms with van der Waals surface area (Å²) in [5, 5.41) is 0. The van der Waals surface area contributed by atoms with Crippen molar-refractivity contribution in [2.45, 2.75) is 271 Å². The van der Waals surface area contributed by atoms with Gasteiger partial charge >= 0.3 is 11.9 Å². The van der Waals surface area contributed by atoms with Gasteiger partial charge in [-0.3, -0.25) is 9.59 Å². The van der Waals surface area contributed by atoms with Gasteiger partial charge in [0, 0.05) is 19.4 Å². The van der Waals surface area contributed by atoms with E-state index in [1.165, 1.54) is 154 Å². The third-order valence-corrected chi connectivity index (χ3v) is 11.7. The van der Waals surface area contributed by atoms with Crippen LogP contribution >= 0.6 is 0 Å². The monoisotopic (exact) mass is 893 g/mol. The topological polar surface area (TPSA) is 61.8 Å². The summed E-state index contributed by atoms with van der Waals surface area (Å²) in [7, 11) is 0. The Morgan fingerprint density at radius 2 is 0.734 bits per heavy atom. The molecule has 0 radical (unpaired) electrons. The number of hydrogen-bond acceptors (Lipinski definition) is 5. The number of allylic oxidation sites excluding steroid dienone is 12. The molecule has 0 N–H and O–H groups in total. The minimum Gasteiger partial charge on any atom is -0.462 e. The normalized spacial score (nSPS) is 12.7. The molecule has 1 atom stereocenters. The summed E-state index contributed by atoms with van der Waals surface area (Å²) in [4.78, 5) is 25.5. The number of rotatable bonds is 50. The van der Waals surface area contributed by atoms with E-state index in [4.69, 9.17) is 14.2 Å². The second-order valence-electron chi connectivity index (χ2n) is 18.1. The maximum atomic E-state index is 12.8. The van der Waals surface area contributed by atoms with Crippen molar-refractivity contribution in [3.63, 3.8) is 0 Å². The van der Waals surface area contributed by atoms with Gasteiger partial charge in [-0.1, -0.05) is 222 Å². The molecular weight excluding hydrogens is 789 g/mol. The Kier molecular flexibility index (Phi) is 52.4. The van der Waals surface area contributed by atoms with Crippen molar-refractivity contribution in [1.29, 1.82) is 0 Å². The summed E-state index contributed by atoms with van der Waals surface area (Å²) in [6, 6.07) is 0. The van der Waals surface area contributed by atoms with Gasteiger partial charge in [0.15, 0.2) is 6.10 Å². The molecule has 370 valence electrons. The molecule has 0 fully saturated rings. The van der Waals surface area contributed by atoms with Crippen LogP contribution in [-0.4, -0.2) is 37.9 Å². The van der Waals surface area contributed by atoms with E-state index < -0.39 is 6.10 Å². The van der Waals surface area contributed by atoms with E-state index in [-0.39, 0.29) is 25.2 Å². The second-order valence-corrected chi connectivity index (χ2v) is 18.1. The van der Waals surface area contributed by atoms with Crippen molar-refractivity contribution in [2.75, 3.05) is 19.8 Å². The van der Waals surface area contributed by atoms with Crippen molar-refractivity contribution in [3.8, 4) is 0 Å². The molecule has 64 heavy (non-hydrogen) atoms. The van der Waals surface area contributed by atoms with Crippen molar-refractivity contribution in [2.24, 2.45) is 0 Å². The number of hydrogen-bond donors (Lipinski definition) is 0. The Bertz CT molecular complexity index is 1150. The fourth-order valence-corrected chi connectivity index (χ4v) is 7.62. The molecule has 0 amide bonds. The first-order valence-electron chi connectivity index (χ1n) is 27.5. The Balaban J connectivity index is 4.28. The summed E-state index contributed by atoms with van der Waals surface area (Å²) < 4.78 is 17.4. The van der Waals surface area contributed by atoms with Crippen molar-refractivity contribution in [3.05, 3.63) is 72.9 Å². The van der Waals surface area contributed by atoms with Crippen molar-refractivity contribution >= 4 is 11.9 Å². The Hall–Kier alpha value is -2.66. The maximum Gasteiger partial charge on any atom is 0.306 e. The molecule has 0 aromatic carbocycles. The second kappa shape index (κ2) is 54.7. The highest BCUT2D eigenvalue weighted by Crippen LogP contribution is 2.15. The Labute approximate surface area is 397 Å². The number of carbonyl (C=O) groups excluding carboxylic acids is 2. The van der Waals surface area contributed by atoms with E-state index in [1.807, 2.05) is 0 Å². The quantitative estimate of drug-likeness (QED) is 0.0346. The predicted molar refractivity (Wildman–Crippen MR) is 279 cm³/mol. The first-order valence-corrected chi connectivity index (χ1v) is 27.5. The van der Waals surface area contributed by atoms with E-state index in [0.29, 0.717) is 19.4 Å². The van der Waals surface area contributed by atoms with Gasteiger partial charge in [-0.15, -0.1) is 0 Å². The third-order valence-electron chi connectivity index (χ3n) is 11.7. The van der Waals surface area contributed by atoms with Crippen LogP contribution in [0.5, 0.6) is 0 Å². The maximum absolute atomic E-state index is 12.8. The average Bonchev–Trinajstić information content (AvgIpc) is 3.30. The van der Waals surface area contributed by atoms with Crippen LogP contribution in [0.1, 0.15) is 265 Å². The van der Waals surface area contributed by atoms with Crippen LogP contribution in [0.15, 0.2) is 72.9 Å². The molecule has 0 aromatic rings. The molecular formula is C59H104O5. The van der Waals surface area contributed by atoms with Gasteiger partial charge in [0.1, 0.15) is 6.61 Å². The molecule has 5 nitrogen and oxygen atoms in total. The molecule has 0 aromatic heterocycles. The summed E-state index contributed by atoms with van der Waals surface area (Å²) in [6.45, 7) is 7.63. The van der Waals surface area contributed by atoms with Crippen LogP contribution in [0.25, 0.3) is 0 Å². The largest absolute Gasteiger partial charge is 0.462 e. The fraction of sp³-hybridized carbons (Fsp3) is 0.763. The van der Waals surface area contributed by atoms with Crippen LogP contribution in [0.3, 0.4) is 0 Å². The minimum atomic E-state index is -0.554. The highest BCUT2D eigenvalue weighted by molar-refractivity contribution is 5.70. The Morgan fingerprint density at radius 1 is 0.359 bits per heavy atom. The van der Waals surface area contributed by atoms with Gasteiger partial charge in [0.25, 0.3) is 0 Å². The van der Waals surface area contributed by atoms with Gasteiger partial charge in [-0.2, -0.15) is 0 Å². The lowest BCUT2D eigenvalue weighted by Gasteiger charge is -2.18. The van der Waals surface area contributed by atoms with Gasteiger partial charge in [-0.05, 0) is 103 Å². The van der Waals surface area contributed by atoms with Crippen molar-refractivity contribution in [1.82, 2.24) is 0 Å². The lowest BCUT2D eigenvalue weighted by Crippen LogP contribution is -2.30. The molecule has 0 saturated heterocycles. The van der Waals surface area contributed by atoms with Gasteiger partial charge < -0.3 is 14.2 Å². The lowest BCUT2D eigenvalue weighted by atomic mass is 10.1. The average molecular weight is 893 g/mol. The zero-order chi connectivity index (χ0) is 46.3. The summed E-state index contributed by atoms with van der Waals surface area (Å²) in [5.74, 6) is -0.420. The SMILES string of the molecule is CC/C=C\C/C=C\C/C=C\CCCCCCCC(=O)OC(COCCCCCCCC/C=C\C/C=C\CCC)COC(=O)CCCCCCCCCCC/C=C\CCCCCCCC. The molecule has 1 unspecified atom stereocenters. The zero-order valence-corrected chi connectivity index (χ0v) is 42.5. The number of esters is 2. The molecule has 0 saturated carbocycles. The van der Waals surface area contributed by atoms with Crippen molar-refractivity contribution < 1.29 is 23.8 Å². The standard InChI is InChI=1S/C59H104O5/c1-4-7-10-13-16-19-22-25-28-29-30-31-33-34-37-40-43-46-49-52-58(60)63-56-57(55-62-54-51-48-45-42-39-36-27-24-21-18-15-12-9-6-3)64-59(61)53-50-47-44-41-38-35-32-26-23-20-17-14-11-8-5-2/h8,11-12,15,17,20-21,24-26,28,32,57H,4-7,9-10,13-14,16,18-19,22-23,27,29-31,33-56H2,1-3H3/b11-8-,15-12-,20-17-,24-21-,28-25-,32-26-. The summed E-state index contributed by atoms with van der Waals surface area (Å²) in [6.07, 6.45) is 70.6. The van der Waals surface area contributed by atoms with Crippen LogP contribution in [0.4, 0.5) is 0 Å². The highest BCUT2D eigenvalue weighted by Gasteiger charge is 2.17. The summed E-state index contributed by atoms with van der Waals surface area (Å²) in [5.41, 5.74) is 0. The Morgan fingerprint density at radius 3 is 1.20 bits per heavy atom. The molecule has 0 bridgehead atoms. The van der Waals surface area contributed by atoms with E-state index in [2.05, 4.69) is 93.7 Å². The van der Waals surface area contributed by atoms with E-state index in [0.717, 1.165) is 77.0 Å². The molecule has 0 aliphatic heterocycles. The zero-order valence-electron chi connectivity index (χ0n) is 42.5. The lowest BCUT2D eigenvalue weighted by molar-refractivity contribution is -0.163. The smallest absolute Gasteiger partial charge is 0.306 e. The van der Waals surface area contributed by atoms with Crippen LogP contribution in [0, 0.1) is 0 Å². The van der Waals surface area contributed by atoms with E-state index >= 15 is 0 Å². The van der Waals surface area contributed by atoms with E-state index in [9.17, 15) is 9.59 Å². The molecule has 0 rings (SSSR count). The molecule has 0 aliphatic rings. The van der Waals surface area contributed by atoms with Gasteiger partial charge in [-0.25, -0.2) is 0 Å². The van der Waals surface area contributed by atoms with Gasteiger partial charge in [0.05, 0.1) is 6.61 Å². The first-order chi connectivity index (χ1) is 31.6. The first kappa shape index (κ1) is 61.3. The molecule has 5 heteroatoms. The van der Waals surface area contributed by atoms with Crippen LogP contribution < -0.4 is 0 Å². The number of ether oxygens (including phenoxy) is 3. The third kappa shape index (κ3) is 52.0. The van der Waals surface area contributed by atoms with Crippen LogP contribution in [-0.2, 0) is 23.8 Å². The minimum absolute atomic E-state index is 0.0716. The van der Waals surface area contributed by atoms with Gasteiger partial charge in [0.2, 0.25) is 0 Å². The predicted octanol–water partition coefficient (Wildman–Crippen LogP) is 18.7. The molecule has 0 spiro atoms. The molecule has 0 heterocycles.